The van der Waals surface area contributed by atoms with Crippen LogP contribution in [0.15, 0.2) is 24.3 Å². The van der Waals surface area contributed by atoms with Crippen LogP contribution in [0.3, 0.4) is 0 Å². The molecule has 0 atom stereocenters. The minimum absolute atomic E-state index is 0.814. The van der Waals surface area contributed by atoms with Gasteiger partial charge in [0.05, 0.1) is 0 Å². The number of hydrogen-bond donors (Lipinski definition) is 2. The second-order valence-electron chi connectivity index (χ2n) is 4.02. The molecule has 0 aliphatic heterocycles. The van der Waals surface area contributed by atoms with Crippen molar-refractivity contribution in [1.82, 2.24) is 5.32 Å². The Bertz CT molecular complexity index is 292. The number of rotatable bonds is 5. The van der Waals surface area contributed by atoms with E-state index in [2.05, 4.69) is 41.8 Å². The predicted octanol–water partition coefficient (Wildman–Crippen LogP) is 2.16. The highest BCUT2D eigenvalue weighted by molar-refractivity contribution is 5.45. The third-order valence-corrected chi connectivity index (χ3v) is 2.48. The van der Waals surface area contributed by atoms with E-state index in [1.54, 1.807) is 0 Å². The lowest BCUT2D eigenvalue weighted by molar-refractivity contribution is 0.701. The average Bonchev–Trinajstić information content (AvgIpc) is 2.96. The van der Waals surface area contributed by atoms with Crippen molar-refractivity contribution in [2.24, 2.45) is 0 Å². The zero-order chi connectivity index (χ0) is 9.80. The Labute approximate surface area is 85.7 Å². The lowest BCUT2D eigenvalue weighted by Crippen LogP contribution is -2.23. The number of benzene rings is 1. The summed E-state index contributed by atoms with van der Waals surface area (Å²) >= 11 is 0. The van der Waals surface area contributed by atoms with Crippen LogP contribution >= 0.6 is 0 Å². The van der Waals surface area contributed by atoms with Crippen LogP contribution in [0.5, 0.6) is 0 Å². The lowest BCUT2D eigenvalue weighted by atomic mass is 10.2. The number of nitrogens with one attached hydrogen (secondary N) is 2. The van der Waals surface area contributed by atoms with E-state index in [1.165, 1.54) is 24.1 Å². The highest BCUT2D eigenvalue weighted by Gasteiger charge is 2.19. The molecular formula is C12H18N2. The quantitative estimate of drug-likeness (QED) is 0.695. The van der Waals surface area contributed by atoms with E-state index in [0.717, 1.165) is 19.1 Å². The van der Waals surface area contributed by atoms with Crippen LogP contribution in [0.2, 0.25) is 0 Å². The topological polar surface area (TPSA) is 24.1 Å². The normalized spacial score (nSPS) is 15.5. The van der Waals surface area contributed by atoms with E-state index in [9.17, 15) is 0 Å². The number of anilines is 1. The average molecular weight is 190 g/mol. The Hall–Kier alpha value is -1.02. The SMILES string of the molecule is Cc1cccc(NCCNC2CC2)c1. The van der Waals surface area contributed by atoms with Gasteiger partial charge in [0.1, 0.15) is 0 Å². The highest BCUT2D eigenvalue weighted by Crippen LogP contribution is 2.18. The molecule has 76 valence electrons. The molecule has 0 bridgehead atoms. The Morgan fingerprint density at radius 3 is 2.86 bits per heavy atom. The molecule has 0 spiro atoms. The molecule has 0 saturated heterocycles. The summed E-state index contributed by atoms with van der Waals surface area (Å²) in [5.74, 6) is 0. The van der Waals surface area contributed by atoms with Crippen LogP contribution in [0.4, 0.5) is 5.69 Å². The Balaban J connectivity index is 1.68. The first-order valence-electron chi connectivity index (χ1n) is 5.38. The van der Waals surface area contributed by atoms with Gasteiger partial charge in [-0.15, -0.1) is 0 Å². The van der Waals surface area contributed by atoms with Crippen LogP contribution in [0.25, 0.3) is 0 Å². The van der Waals surface area contributed by atoms with E-state index in [0.29, 0.717) is 0 Å². The zero-order valence-corrected chi connectivity index (χ0v) is 8.72. The van der Waals surface area contributed by atoms with Crippen molar-refractivity contribution >= 4 is 5.69 Å². The maximum atomic E-state index is 3.48. The van der Waals surface area contributed by atoms with Crippen molar-refractivity contribution < 1.29 is 0 Å². The van der Waals surface area contributed by atoms with E-state index >= 15 is 0 Å². The third kappa shape index (κ3) is 3.04. The minimum Gasteiger partial charge on any atom is -0.384 e. The standard InChI is InChI=1S/C12H18N2/c1-10-3-2-4-12(9-10)14-8-7-13-11-5-6-11/h2-4,9,11,13-14H,5-8H2,1H3. The summed E-state index contributed by atoms with van der Waals surface area (Å²) < 4.78 is 0. The van der Waals surface area contributed by atoms with Gasteiger partial charge in [-0.2, -0.15) is 0 Å². The summed E-state index contributed by atoms with van der Waals surface area (Å²) in [5, 5.41) is 6.89. The van der Waals surface area contributed by atoms with Crippen molar-refractivity contribution in [3.63, 3.8) is 0 Å². The minimum atomic E-state index is 0.814. The molecule has 1 aliphatic rings. The van der Waals surface area contributed by atoms with Gasteiger partial charge in [-0.05, 0) is 37.5 Å². The summed E-state index contributed by atoms with van der Waals surface area (Å²) in [7, 11) is 0. The Kier molecular flexibility index (Phi) is 3.04. The Morgan fingerprint density at radius 2 is 2.14 bits per heavy atom. The first-order chi connectivity index (χ1) is 6.84. The van der Waals surface area contributed by atoms with E-state index in [4.69, 9.17) is 0 Å². The molecule has 1 aromatic rings. The van der Waals surface area contributed by atoms with Gasteiger partial charge in [0, 0.05) is 24.8 Å². The van der Waals surface area contributed by atoms with Gasteiger partial charge in [0.15, 0.2) is 0 Å². The highest BCUT2D eigenvalue weighted by atomic mass is 15.0. The fraction of sp³-hybridized carbons (Fsp3) is 0.500. The number of hydrogen-bond acceptors (Lipinski definition) is 2. The first kappa shape index (κ1) is 9.53. The fourth-order valence-corrected chi connectivity index (χ4v) is 1.53. The zero-order valence-electron chi connectivity index (χ0n) is 8.72. The molecule has 0 amide bonds. The molecule has 2 nitrogen and oxygen atoms in total. The molecule has 2 heteroatoms. The first-order valence-corrected chi connectivity index (χ1v) is 5.38. The van der Waals surface area contributed by atoms with Gasteiger partial charge in [0.25, 0.3) is 0 Å². The summed E-state index contributed by atoms with van der Waals surface area (Å²) in [6, 6.07) is 9.32. The lowest BCUT2D eigenvalue weighted by Gasteiger charge is -2.07. The third-order valence-electron chi connectivity index (χ3n) is 2.48. The summed E-state index contributed by atoms with van der Waals surface area (Å²) in [4.78, 5) is 0. The molecule has 14 heavy (non-hydrogen) atoms. The van der Waals surface area contributed by atoms with Crippen LogP contribution < -0.4 is 10.6 Å². The van der Waals surface area contributed by atoms with Crippen LogP contribution in [0, 0.1) is 6.92 Å². The fourth-order valence-electron chi connectivity index (χ4n) is 1.53. The van der Waals surface area contributed by atoms with Crippen LogP contribution in [0.1, 0.15) is 18.4 Å². The molecule has 0 radical (unpaired) electrons. The van der Waals surface area contributed by atoms with Crippen molar-refractivity contribution in [3.8, 4) is 0 Å². The second-order valence-corrected chi connectivity index (χ2v) is 4.02. The number of aryl methyl sites for hydroxylation is 1. The van der Waals surface area contributed by atoms with Crippen LogP contribution in [-0.4, -0.2) is 19.1 Å². The van der Waals surface area contributed by atoms with Crippen molar-refractivity contribution in [1.29, 1.82) is 0 Å². The van der Waals surface area contributed by atoms with Gasteiger partial charge in [-0.25, -0.2) is 0 Å². The second kappa shape index (κ2) is 4.47. The van der Waals surface area contributed by atoms with Gasteiger partial charge in [-0.1, -0.05) is 12.1 Å². The van der Waals surface area contributed by atoms with Gasteiger partial charge >= 0.3 is 0 Å². The summed E-state index contributed by atoms with van der Waals surface area (Å²) in [6.45, 7) is 4.20. The molecule has 1 saturated carbocycles. The van der Waals surface area contributed by atoms with Crippen molar-refractivity contribution in [2.75, 3.05) is 18.4 Å². The Morgan fingerprint density at radius 1 is 1.29 bits per heavy atom. The summed E-state index contributed by atoms with van der Waals surface area (Å²) in [5.41, 5.74) is 2.53. The van der Waals surface area contributed by atoms with Crippen molar-refractivity contribution in [2.45, 2.75) is 25.8 Å². The molecule has 0 aromatic heterocycles. The van der Waals surface area contributed by atoms with E-state index < -0.39 is 0 Å². The smallest absolute Gasteiger partial charge is 0.0343 e. The molecular weight excluding hydrogens is 172 g/mol. The molecule has 1 aliphatic carbocycles. The van der Waals surface area contributed by atoms with Crippen LogP contribution in [-0.2, 0) is 0 Å². The maximum absolute atomic E-state index is 3.48. The largest absolute Gasteiger partial charge is 0.384 e. The summed E-state index contributed by atoms with van der Waals surface area (Å²) in [6.07, 6.45) is 2.73. The molecule has 0 unspecified atom stereocenters. The molecule has 2 rings (SSSR count). The molecule has 1 aromatic carbocycles. The maximum Gasteiger partial charge on any atom is 0.0343 e. The van der Waals surface area contributed by atoms with Gasteiger partial charge < -0.3 is 10.6 Å². The van der Waals surface area contributed by atoms with Gasteiger partial charge in [-0.3, -0.25) is 0 Å². The molecule has 1 fully saturated rings. The van der Waals surface area contributed by atoms with Crippen molar-refractivity contribution in [3.05, 3.63) is 29.8 Å². The van der Waals surface area contributed by atoms with E-state index in [1.807, 2.05) is 0 Å². The van der Waals surface area contributed by atoms with Gasteiger partial charge in [0.2, 0.25) is 0 Å². The predicted molar refractivity (Wildman–Crippen MR) is 60.7 cm³/mol. The van der Waals surface area contributed by atoms with E-state index in [-0.39, 0.29) is 0 Å². The molecule has 0 heterocycles. The molecule has 2 N–H and O–H groups in total. The monoisotopic (exact) mass is 190 g/mol.